The van der Waals surface area contributed by atoms with Gasteiger partial charge in [0, 0.05) is 11.8 Å². The fraction of sp³-hybridized carbons (Fsp3) is 0.207. The van der Waals surface area contributed by atoms with E-state index in [1.807, 2.05) is 41.3 Å². The summed E-state index contributed by atoms with van der Waals surface area (Å²) in [4.78, 5) is 44.9. The lowest BCUT2D eigenvalue weighted by molar-refractivity contribution is -0.126. The molecule has 0 saturated carbocycles. The summed E-state index contributed by atoms with van der Waals surface area (Å²) in [6, 6.07) is 18.0. The van der Waals surface area contributed by atoms with E-state index in [-0.39, 0.29) is 10.9 Å². The zero-order chi connectivity index (χ0) is 26.6. The van der Waals surface area contributed by atoms with Crippen LogP contribution >= 0.6 is 11.6 Å². The lowest BCUT2D eigenvalue weighted by Gasteiger charge is -2.36. The van der Waals surface area contributed by atoms with E-state index in [9.17, 15) is 14.4 Å². The lowest BCUT2D eigenvalue weighted by Crippen LogP contribution is -2.50. The Balaban J connectivity index is 1.45. The second-order valence-corrected chi connectivity index (χ2v) is 9.74. The van der Waals surface area contributed by atoms with Crippen molar-refractivity contribution in [1.82, 2.24) is 0 Å². The topological polar surface area (TPSA) is 88.2 Å². The quantitative estimate of drug-likeness (QED) is 0.493. The molecule has 8 nitrogen and oxygen atoms in total. The molecule has 4 atom stereocenters. The first-order valence-electron chi connectivity index (χ1n) is 12.2. The monoisotopic (exact) mass is 529 g/mol. The summed E-state index contributed by atoms with van der Waals surface area (Å²) in [7, 11) is 3.04. The lowest BCUT2D eigenvalue weighted by atomic mass is 9.88. The molecule has 3 amide bonds. The molecule has 1 N–H and O–H groups in total. The van der Waals surface area contributed by atoms with E-state index in [0.29, 0.717) is 22.9 Å². The molecule has 0 aliphatic carbocycles. The maximum atomic E-state index is 14.1. The molecule has 3 aliphatic rings. The number of benzene rings is 3. The molecule has 192 valence electrons. The molecule has 0 unspecified atom stereocenters. The van der Waals surface area contributed by atoms with Gasteiger partial charge in [0.05, 0.1) is 48.5 Å². The number of methoxy groups -OCH3 is 2. The van der Waals surface area contributed by atoms with Crippen LogP contribution in [0.1, 0.15) is 5.56 Å². The van der Waals surface area contributed by atoms with Gasteiger partial charge in [0.1, 0.15) is 17.5 Å². The predicted molar refractivity (Wildman–Crippen MR) is 145 cm³/mol. The zero-order valence-electron chi connectivity index (χ0n) is 20.6. The van der Waals surface area contributed by atoms with Crippen molar-refractivity contribution in [1.29, 1.82) is 0 Å². The van der Waals surface area contributed by atoms with Crippen molar-refractivity contribution in [2.24, 2.45) is 11.8 Å². The van der Waals surface area contributed by atoms with Gasteiger partial charge in [-0.05, 0) is 35.9 Å². The third kappa shape index (κ3) is 3.55. The standard InChI is InChI=1S/C29H24ClN3O5/c1-37-17-12-14-23(38-2)19(15-17)31-27(34)26-25-24(22-13-11-16-7-3-5-9-20(16)32(22)26)28(35)33(29(25)36)21-10-6-4-8-18(21)30/h3-15,22,24-26H,1-2H3,(H,31,34)/t22-,24-,25+,26-/m1/s1. The molecule has 3 aliphatic heterocycles. The molecular weight excluding hydrogens is 506 g/mol. The van der Waals surface area contributed by atoms with Crippen LogP contribution in [0.25, 0.3) is 6.08 Å². The van der Waals surface area contributed by atoms with E-state index >= 15 is 0 Å². The Bertz CT molecular complexity index is 1510. The van der Waals surface area contributed by atoms with Crippen LogP contribution in [0, 0.1) is 11.8 Å². The van der Waals surface area contributed by atoms with Crippen LogP contribution in [0.2, 0.25) is 5.02 Å². The predicted octanol–water partition coefficient (Wildman–Crippen LogP) is 4.39. The van der Waals surface area contributed by atoms with Crippen LogP contribution in [0.5, 0.6) is 11.5 Å². The van der Waals surface area contributed by atoms with Gasteiger partial charge < -0.3 is 19.7 Å². The minimum atomic E-state index is -0.962. The molecule has 0 radical (unpaired) electrons. The zero-order valence-corrected chi connectivity index (χ0v) is 21.4. The van der Waals surface area contributed by atoms with Gasteiger partial charge in [-0.1, -0.05) is 54.1 Å². The van der Waals surface area contributed by atoms with Gasteiger partial charge in [0.25, 0.3) is 0 Å². The number of fused-ring (bicyclic) bond motifs is 5. The molecule has 2 saturated heterocycles. The maximum Gasteiger partial charge on any atom is 0.248 e. The van der Waals surface area contributed by atoms with Crippen LogP contribution < -0.4 is 24.6 Å². The van der Waals surface area contributed by atoms with Crippen molar-refractivity contribution in [2.75, 3.05) is 29.3 Å². The normalized spacial score (nSPS) is 23.1. The highest BCUT2D eigenvalue weighted by atomic mass is 35.5. The van der Waals surface area contributed by atoms with E-state index in [0.717, 1.165) is 16.2 Å². The van der Waals surface area contributed by atoms with Gasteiger partial charge in [-0.2, -0.15) is 0 Å². The summed E-state index contributed by atoms with van der Waals surface area (Å²) in [5.41, 5.74) is 2.41. The Morgan fingerprint density at radius 3 is 2.34 bits per heavy atom. The number of amides is 3. The van der Waals surface area contributed by atoms with Gasteiger partial charge in [0.2, 0.25) is 17.7 Å². The minimum absolute atomic E-state index is 0.290. The summed E-state index contributed by atoms with van der Waals surface area (Å²) in [6.07, 6.45) is 3.84. The van der Waals surface area contributed by atoms with Gasteiger partial charge in [0.15, 0.2) is 0 Å². The van der Waals surface area contributed by atoms with Crippen molar-refractivity contribution in [3.63, 3.8) is 0 Å². The van der Waals surface area contributed by atoms with Gasteiger partial charge in [-0.25, -0.2) is 4.90 Å². The molecular formula is C29H24ClN3O5. The number of nitrogens with one attached hydrogen (secondary N) is 1. The third-order valence-electron chi connectivity index (χ3n) is 7.44. The highest BCUT2D eigenvalue weighted by molar-refractivity contribution is 6.36. The van der Waals surface area contributed by atoms with Crippen LogP contribution in [-0.2, 0) is 14.4 Å². The number of para-hydroxylation sites is 2. The van der Waals surface area contributed by atoms with Crippen molar-refractivity contribution < 1.29 is 23.9 Å². The average Bonchev–Trinajstić information content (AvgIpc) is 3.41. The smallest absolute Gasteiger partial charge is 0.248 e. The number of anilines is 3. The van der Waals surface area contributed by atoms with E-state index in [2.05, 4.69) is 5.32 Å². The number of hydrogen-bond acceptors (Lipinski definition) is 6. The Kier molecular flexibility index (Phi) is 5.84. The molecule has 3 aromatic rings. The van der Waals surface area contributed by atoms with Gasteiger partial charge in [-0.3, -0.25) is 14.4 Å². The molecule has 0 aromatic heterocycles. The van der Waals surface area contributed by atoms with Crippen LogP contribution in [-0.4, -0.2) is 44.0 Å². The Morgan fingerprint density at radius 2 is 1.61 bits per heavy atom. The van der Waals surface area contributed by atoms with Crippen molar-refractivity contribution >= 4 is 52.5 Å². The van der Waals surface area contributed by atoms with Crippen LogP contribution in [0.4, 0.5) is 17.1 Å². The van der Waals surface area contributed by atoms with E-state index in [1.54, 1.807) is 42.5 Å². The number of carbonyl (C=O) groups excluding carboxylic acids is 3. The molecule has 9 heteroatoms. The number of imide groups is 1. The fourth-order valence-corrected chi connectivity index (χ4v) is 6.02. The second kappa shape index (κ2) is 9.22. The van der Waals surface area contributed by atoms with Crippen molar-refractivity contribution in [3.05, 3.63) is 83.4 Å². The molecule has 2 fully saturated rings. The van der Waals surface area contributed by atoms with Gasteiger partial charge >= 0.3 is 0 Å². The highest BCUT2D eigenvalue weighted by Gasteiger charge is 2.64. The summed E-state index contributed by atoms with van der Waals surface area (Å²) in [6.45, 7) is 0. The van der Waals surface area contributed by atoms with Gasteiger partial charge in [-0.15, -0.1) is 0 Å². The summed E-state index contributed by atoms with van der Waals surface area (Å²) < 4.78 is 10.8. The Labute approximate surface area is 224 Å². The van der Waals surface area contributed by atoms with Crippen LogP contribution in [0.3, 0.4) is 0 Å². The summed E-state index contributed by atoms with van der Waals surface area (Å²) >= 11 is 6.39. The molecule has 3 heterocycles. The Hall–Kier alpha value is -4.30. The van der Waals surface area contributed by atoms with E-state index < -0.39 is 35.7 Å². The number of rotatable bonds is 5. The number of halogens is 1. The molecule has 38 heavy (non-hydrogen) atoms. The average molecular weight is 530 g/mol. The fourth-order valence-electron chi connectivity index (χ4n) is 5.80. The maximum absolute atomic E-state index is 14.1. The molecule has 3 aromatic carbocycles. The van der Waals surface area contributed by atoms with Crippen LogP contribution in [0.15, 0.2) is 72.8 Å². The van der Waals surface area contributed by atoms with E-state index in [1.165, 1.54) is 14.2 Å². The second-order valence-electron chi connectivity index (χ2n) is 9.33. The minimum Gasteiger partial charge on any atom is -0.497 e. The summed E-state index contributed by atoms with van der Waals surface area (Å²) in [5.74, 6) is -1.96. The number of nitrogens with zero attached hydrogens (tertiary/aromatic N) is 2. The molecule has 0 spiro atoms. The number of carbonyl (C=O) groups is 3. The third-order valence-corrected chi connectivity index (χ3v) is 7.76. The van der Waals surface area contributed by atoms with E-state index in [4.69, 9.17) is 21.1 Å². The molecule has 0 bridgehead atoms. The first-order chi connectivity index (χ1) is 18.4. The summed E-state index contributed by atoms with van der Waals surface area (Å²) in [5, 5.41) is 3.23. The Morgan fingerprint density at radius 1 is 0.895 bits per heavy atom. The number of ether oxygens (including phenoxy) is 2. The first-order valence-corrected chi connectivity index (χ1v) is 12.5. The molecule has 6 rings (SSSR count). The first kappa shape index (κ1) is 24.1. The van der Waals surface area contributed by atoms with Crippen molar-refractivity contribution in [3.8, 4) is 11.5 Å². The number of hydrogen-bond donors (Lipinski definition) is 1. The van der Waals surface area contributed by atoms with Crippen molar-refractivity contribution in [2.45, 2.75) is 12.1 Å². The SMILES string of the molecule is COc1ccc(OC)c(NC(=O)[C@H]2[C@H]3C(=O)N(c4ccccc4Cl)C(=O)[C@@H]3[C@H]3C=Cc4ccccc4N32)c1. The largest absolute Gasteiger partial charge is 0.497 e. The highest BCUT2D eigenvalue weighted by Crippen LogP contribution is 2.50.